The lowest BCUT2D eigenvalue weighted by Crippen LogP contribution is -2.38. The van der Waals surface area contributed by atoms with Gasteiger partial charge in [0.2, 0.25) is 0 Å². The predicted octanol–water partition coefficient (Wildman–Crippen LogP) is 2.58. The molecule has 0 bridgehead atoms. The summed E-state index contributed by atoms with van der Waals surface area (Å²) in [6, 6.07) is 8.75. The predicted molar refractivity (Wildman–Crippen MR) is 95.3 cm³/mol. The molecule has 27 heavy (non-hydrogen) atoms. The van der Waals surface area contributed by atoms with Gasteiger partial charge in [-0.1, -0.05) is 0 Å². The smallest absolute Gasteiger partial charge is 0.338 e. The Labute approximate surface area is 156 Å². The van der Waals surface area contributed by atoms with Gasteiger partial charge in [0.15, 0.2) is 18.1 Å². The molecule has 0 atom stereocenters. The Hall–Kier alpha value is -3.09. The quantitative estimate of drug-likeness (QED) is 0.754. The number of benzene rings is 2. The van der Waals surface area contributed by atoms with Crippen molar-refractivity contribution >= 4 is 11.9 Å². The number of rotatable bonds is 5. The highest BCUT2D eigenvalue weighted by atomic mass is 19.1. The van der Waals surface area contributed by atoms with Crippen molar-refractivity contribution in [1.29, 1.82) is 0 Å². The van der Waals surface area contributed by atoms with Crippen LogP contribution >= 0.6 is 0 Å². The van der Waals surface area contributed by atoms with Crippen LogP contribution in [0.3, 0.4) is 0 Å². The topological polar surface area (TPSA) is 65.1 Å². The van der Waals surface area contributed by atoms with E-state index in [1.54, 1.807) is 19.1 Å². The van der Waals surface area contributed by atoms with Crippen LogP contribution in [-0.4, -0.2) is 44.1 Å². The first-order chi connectivity index (χ1) is 13.0. The van der Waals surface area contributed by atoms with E-state index in [0.29, 0.717) is 31.0 Å². The first-order valence-electron chi connectivity index (χ1n) is 8.46. The van der Waals surface area contributed by atoms with Gasteiger partial charge in [0.1, 0.15) is 5.82 Å². The maximum absolute atomic E-state index is 12.9. The van der Waals surface area contributed by atoms with E-state index in [2.05, 4.69) is 0 Å². The highest BCUT2D eigenvalue weighted by molar-refractivity contribution is 5.91. The van der Waals surface area contributed by atoms with Crippen molar-refractivity contribution in [1.82, 2.24) is 4.90 Å². The number of halogens is 1. The molecule has 2 aromatic rings. The van der Waals surface area contributed by atoms with Gasteiger partial charge in [-0.05, 0) is 53.9 Å². The van der Waals surface area contributed by atoms with Gasteiger partial charge in [0.25, 0.3) is 5.91 Å². The Morgan fingerprint density at radius 3 is 2.30 bits per heavy atom. The maximum atomic E-state index is 12.9. The molecule has 1 amide bonds. The lowest BCUT2D eigenvalue weighted by Gasteiger charge is -2.29. The number of methoxy groups -OCH3 is 2. The summed E-state index contributed by atoms with van der Waals surface area (Å²) >= 11 is 0. The fourth-order valence-corrected chi connectivity index (χ4v) is 2.98. The van der Waals surface area contributed by atoms with Crippen molar-refractivity contribution in [3.05, 3.63) is 58.9 Å². The summed E-state index contributed by atoms with van der Waals surface area (Å²) in [5, 5.41) is 0. The third kappa shape index (κ3) is 4.19. The van der Waals surface area contributed by atoms with E-state index >= 15 is 0 Å². The minimum absolute atomic E-state index is 0.199. The van der Waals surface area contributed by atoms with E-state index in [-0.39, 0.29) is 18.1 Å². The maximum Gasteiger partial charge on any atom is 0.338 e. The summed E-state index contributed by atoms with van der Waals surface area (Å²) in [4.78, 5) is 26.0. The van der Waals surface area contributed by atoms with Gasteiger partial charge in [-0.2, -0.15) is 0 Å². The van der Waals surface area contributed by atoms with Gasteiger partial charge in [-0.15, -0.1) is 0 Å². The fourth-order valence-electron chi connectivity index (χ4n) is 2.98. The van der Waals surface area contributed by atoms with E-state index in [1.165, 1.54) is 24.3 Å². The molecule has 0 fully saturated rings. The van der Waals surface area contributed by atoms with Crippen molar-refractivity contribution in [2.75, 3.05) is 27.4 Å². The summed E-state index contributed by atoms with van der Waals surface area (Å²) in [5.74, 6) is -0.128. The molecule has 0 aromatic heterocycles. The number of nitrogens with zero attached hydrogens (tertiary/aromatic N) is 1. The zero-order valence-corrected chi connectivity index (χ0v) is 15.2. The summed E-state index contributed by atoms with van der Waals surface area (Å²) < 4.78 is 28.6. The van der Waals surface area contributed by atoms with Crippen LogP contribution in [-0.2, 0) is 22.5 Å². The zero-order valence-electron chi connectivity index (χ0n) is 15.2. The Balaban J connectivity index is 1.62. The Morgan fingerprint density at radius 2 is 1.67 bits per heavy atom. The van der Waals surface area contributed by atoms with E-state index < -0.39 is 11.8 Å². The van der Waals surface area contributed by atoms with Crippen LogP contribution in [0.1, 0.15) is 21.5 Å². The average Bonchev–Trinajstić information content (AvgIpc) is 2.70. The monoisotopic (exact) mass is 373 g/mol. The molecule has 2 aromatic carbocycles. The van der Waals surface area contributed by atoms with Crippen molar-refractivity contribution < 1.29 is 28.2 Å². The molecule has 1 heterocycles. The summed E-state index contributed by atoms with van der Waals surface area (Å²) in [6.45, 7) is 0.566. The van der Waals surface area contributed by atoms with Crippen molar-refractivity contribution in [2.45, 2.75) is 13.0 Å². The molecular weight excluding hydrogens is 353 g/mol. The number of hydrogen-bond donors (Lipinski definition) is 0. The first kappa shape index (κ1) is 18.7. The van der Waals surface area contributed by atoms with Crippen molar-refractivity contribution in [2.24, 2.45) is 0 Å². The van der Waals surface area contributed by atoms with Crippen LogP contribution in [0.5, 0.6) is 11.5 Å². The van der Waals surface area contributed by atoms with E-state index in [0.717, 1.165) is 11.1 Å². The first-order valence-corrected chi connectivity index (χ1v) is 8.46. The van der Waals surface area contributed by atoms with Crippen LogP contribution in [0.4, 0.5) is 4.39 Å². The molecular formula is C20H20FNO5. The number of esters is 1. The minimum Gasteiger partial charge on any atom is -0.493 e. The minimum atomic E-state index is -0.660. The van der Waals surface area contributed by atoms with Gasteiger partial charge in [-0.3, -0.25) is 4.79 Å². The standard InChI is InChI=1S/C20H20FNO5/c1-25-17-9-14-7-8-22(11-15(14)10-18(17)26-2)19(23)12-27-20(24)13-3-5-16(21)6-4-13/h3-6,9-10H,7-8,11-12H2,1-2H3. The fraction of sp³-hybridized carbons (Fsp3) is 0.300. The number of ether oxygens (including phenoxy) is 3. The van der Waals surface area contributed by atoms with Gasteiger partial charge in [0.05, 0.1) is 19.8 Å². The van der Waals surface area contributed by atoms with Gasteiger partial charge >= 0.3 is 5.97 Å². The van der Waals surface area contributed by atoms with Crippen LogP contribution < -0.4 is 9.47 Å². The van der Waals surface area contributed by atoms with Crippen LogP contribution in [0.25, 0.3) is 0 Å². The number of hydrogen-bond acceptors (Lipinski definition) is 5. The molecule has 142 valence electrons. The highest BCUT2D eigenvalue weighted by Gasteiger charge is 2.23. The molecule has 0 N–H and O–H groups in total. The van der Waals surface area contributed by atoms with Crippen LogP contribution in [0.15, 0.2) is 36.4 Å². The van der Waals surface area contributed by atoms with Crippen molar-refractivity contribution in [3.63, 3.8) is 0 Å². The van der Waals surface area contributed by atoms with E-state index in [1.807, 2.05) is 12.1 Å². The lowest BCUT2D eigenvalue weighted by molar-refractivity contribution is -0.135. The van der Waals surface area contributed by atoms with Gasteiger partial charge in [0, 0.05) is 13.1 Å². The third-order valence-electron chi connectivity index (χ3n) is 4.48. The third-order valence-corrected chi connectivity index (χ3v) is 4.48. The second kappa shape index (κ2) is 8.07. The molecule has 1 aliphatic rings. The lowest BCUT2D eigenvalue weighted by atomic mass is 9.99. The number of amides is 1. The molecule has 0 spiro atoms. The second-order valence-corrected chi connectivity index (χ2v) is 6.12. The summed E-state index contributed by atoms with van der Waals surface area (Å²) in [5.41, 5.74) is 2.27. The zero-order chi connectivity index (χ0) is 19.4. The average molecular weight is 373 g/mol. The molecule has 0 saturated heterocycles. The van der Waals surface area contributed by atoms with E-state index in [4.69, 9.17) is 14.2 Å². The summed E-state index contributed by atoms with van der Waals surface area (Å²) in [6.07, 6.45) is 0.674. The molecule has 1 aliphatic heterocycles. The normalized spacial score (nSPS) is 12.9. The van der Waals surface area contributed by atoms with Gasteiger partial charge < -0.3 is 19.1 Å². The largest absolute Gasteiger partial charge is 0.493 e. The van der Waals surface area contributed by atoms with Gasteiger partial charge in [-0.25, -0.2) is 9.18 Å². The van der Waals surface area contributed by atoms with E-state index in [9.17, 15) is 14.0 Å². The Morgan fingerprint density at radius 1 is 1.04 bits per heavy atom. The SMILES string of the molecule is COc1cc2c(cc1OC)CN(C(=O)COC(=O)c1ccc(F)cc1)CC2. The molecule has 0 aliphatic carbocycles. The Bertz CT molecular complexity index is 850. The van der Waals surface area contributed by atoms with Crippen LogP contribution in [0.2, 0.25) is 0 Å². The molecule has 7 heteroatoms. The molecule has 6 nitrogen and oxygen atoms in total. The summed E-state index contributed by atoms with van der Waals surface area (Å²) in [7, 11) is 3.14. The van der Waals surface area contributed by atoms with Crippen LogP contribution in [0, 0.1) is 5.82 Å². The number of fused-ring (bicyclic) bond motifs is 1. The highest BCUT2D eigenvalue weighted by Crippen LogP contribution is 2.33. The molecule has 0 unspecified atom stereocenters. The Kier molecular flexibility index (Phi) is 5.59. The number of carbonyl (C=O) groups is 2. The molecule has 3 rings (SSSR count). The molecule has 0 saturated carbocycles. The van der Waals surface area contributed by atoms with Crippen molar-refractivity contribution in [3.8, 4) is 11.5 Å². The second-order valence-electron chi connectivity index (χ2n) is 6.12. The number of carbonyl (C=O) groups excluding carboxylic acids is 2. The molecule has 0 radical (unpaired) electrons.